The van der Waals surface area contributed by atoms with Crippen LogP contribution in [-0.4, -0.2) is 23.2 Å². The zero-order chi connectivity index (χ0) is 11.6. The third kappa shape index (κ3) is 2.36. The van der Waals surface area contributed by atoms with Gasteiger partial charge in [0.2, 0.25) is 0 Å². The number of esters is 1. The monoisotopic (exact) mass is 221 g/mol. The predicted molar refractivity (Wildman–Crippen MR) is 42.2 cm³/mol. The van der Waals surface area contributed by atoms with Crippen LogP contribution in [0.5, 0.6) is 5.75 Å². The van der Waals surface area contributed by atoms with E-state index in [0.29, 0.717) is 6.07 Å². The van der Waals surface area contributed by atoms with E-state index in [0.717, 1.165) is 13.3 Å². The molecule has 1 aromatic heterocycles. The second-order valence-electron chi connectivity index (χ2n) is 2.58. The number of halogens is 3. The lowest BCUT2D eigenvalue weighted by Gasteiger charge is -2.10. The van der Waals surface area contributed by atoms with Crippen molar-refractivity contribution in [3.05, 3.63) is 23.5 Å². The number of hydrogen-bond donors (Lipinski definition) is 1. The summed E-state index contributed by atoms with van der Waals surface area (Å²) < 4.78 is 41.2. The van der Waals surface area contributed by atoms with Gasteiger partial charge in [-0.25, -0.2) is 9.78 Å². The van der Waals surface area contributed by atoms with Crippen molar-refractivity contribution in [2.75, 3.05) is 7.11 Å². The normalized spacial score (nSPS) is 11.2. The summed E-state index contributed by atoms with van der Waals surface area (Å²) in [5, 5.41) is 8.84. The molecular formula is C8H6F3NO3. The molecule has 0 aliphatic heterocycles. The Morgan fingerprint density at radius 1 is 1.53 bits per heavy atom. The summed E-state index contributed by atoms with van der Waals surface area (Å²) >= 11 is 0. The van der Waals surface area contributed by atoms with E-state index in [-0.39, 0.29) is 0 Å². The van der Waals surface area contributed by atoms with Gasteiger partial charge in [0.1, 0.15) is 5.75 Å². The van der Waals surface area contributed by atoms with Gasteiger partial charge in [-0.2, -0.15) is 13.2 Å². The number of carbonyl (C=O) groups is 1. The van der Waals surface area contributed by atoms with Crippen LogP contribution in [-0.2, 0) is 10.9 Å². The van der Waals surface area contributed by atoms with Crippen LogP contribution in [0.15, 0.2) is 12.3 Å². The highest BCUT2D eigenvalue weighted by molar-refractivity contribution is 5.89. The molecule has 15 heavy (non-hydrogen) atoms. The molecule has 1 heterocycles. The molecular weight excluding hydrogens is 215 g/mol. The minimum absolute atomic E-state index is 0.416. The van der Waals surface area contributed by atoms with Crippen LogP contribution in [0, 0.1) is 0 Å². The van der Waals surface area contributed by atoms with Crippen LogP contribution in [0.25, 0.3) is 0 Å². The van der Waals surface area contributed by atoms with Crippen molar-refractivity contribution in [2.24, 2.45) is 0 Å². The fourth-order valence-electron chi connectivity index (χ4n) is 0.929. The zero-order valence-electron chi connectivity index (χ0n) is 7.50. The molecule has 1 rings (SSSR count). The molecule has 0 amide bonds. The first kappa shape index (κ1) is 11.3. The Kier molecular flexibility index (Phi) is 2.83. The summed E-state index contributed by atoms with van der Waals surface area (Å²) in [6.07, 6.45) is -4.03. The molecule has 0 aromatic carbocycles. The van der Waals surface area contributed by atoms with Gasteiger partial charge >= 0.3 is 12.1 Å². The Morgan fingerprint density at radius 2 is 2.13 bits per heavy atom. The number of hydrogen-bond acceptors (Lipinski definition) is 4. The standard InChI is InChI=1S/C8H6F3NO3/c1-15-7(14)6-5(8(9,10)11)2-4(13)3-12-6/h2-3,13H,1H3. The Labute approximate surface area is 82.3 Å². The van der Waals surface area contributed by atoms with Gasteiger partial charge in [-0.15, -0.1) is 0 Å². The van der Waals surface area contributed by atoms with E-state index in [1.54, 1.807) is 0 Å². The first-order chi connectivity index (χ1) is 6.86. The van der Waals surface area contributed by atoms with Gasteiger partial charge < -0.3 is 9.84 Å². The first-order valence-electron chi connectivity index (χ1n) is 3.70. The van der Waals surface area contributed by atoms with E-state index in [4.69, 9.17) is 5.11 Å². The second-order valence-corrected chi connectivity index (χ2v) is 2.58. The number of ether oxygens (including phenoxy) is 1. The summed E-state index contributed by atoms with van der Waals surface area (Å²) in [6, 6.07) is 0.416. The van der Waals surface area contributed by atoms with Crippen LogP contribution in [0.3, 0.4) is 0 Å². The SMILES string of the molecule is COC(=O)c1ncc(O)cc1C(F)(F)F. The highest BCUT2D eigenvalue weighted by atomic mass is 19.4. The van der Waals surface area contributed by atoms with Crippen molar-refractivity contribution in [3.8, 4) is 5.75 Å². The van der Waals surface area contributed by atoms with Gasteiger partial charge in [-0.05, 0) is 6.07 Å². The van der Waals surface area contributed by atoms with Crippen molar-refractivity contribution < 1.29 is 27.8 Å². The third-order valence-electron chi connectivity index (χ3n) is 1.56. The van der Waals surface area contributed by atoms with Crippen molar-refractivity contribution in [3.63, 3.8) is 0 Å². The van der Waals surface area contributed by atoms with Gasteiger partial charge in [-0.3, -0.25) is 0 Å². The number of aromatic nitrogens is 1. The smallest absolute Gasteiger partial charge is 0.418 e. The topological polar surface area (TPSA) is 59.4 Å². The molecule has 7 heteroatoms. The summed E-state index contributed by atoms with van der Waals surface area (Å²) in [5.41, 5.74) is -2.20. The van der Waals surface area contributed by atoms with Crippen LogP contribution in [0.2, 0.25) is 0 Å². The van der Waals surface area contributed by atoms with E-state index < -0.39 is 29.2 Å². The van der Waals surface area contributed by atoms with Gasteiger partial charge in [-0.1, -0.05) is 0 Å². The summed E-state index contributed by atoms with van der Waals surface area (Å²) in [7, 11) is 0.941. The fourth-order valence-corrected chi connectivity index (χ4v) is 0.929. The Bertz CT molecular complexity index is 389. The molecule has 0 bridgehead atoms. The highest BCUT2D eigenvalue weighted by Gasteiger charge is 2.37. The molecule has 0 fully saturated rings. The lowest BCUT2D eigenvalue weighted by Crippen LogP contribution is -2.15. The fraction of sp³-hybridized carbons (Fsp3) is 0.250. The molecule has 82 valence electrons. The van der Waals surface area contributed by atoms with E-state index in [1.165, 1.54) is 0 Å². The average Bonchev–Trinajstić information content (AvgIpc) is 2.15. The minimum atomic E-state index is -4.77. The highest BCUT2D eigenvalue weighted by Crippen LogP contribution is 2.33. The van der Waals surface area contributed by atoms with E-state index in [1.807, 2.05) is 0 Å². The number of pyridine rings is 1. The maximum Gasteiger partial charge on any atom is 0.418 e. The number of carbonyl (C=O) groups excluding carboxylic acids is 1. The molecule has 0 spiro atoms. The second kappa shape index (κ2) is 3.76. The van der Waals surface area contributed by atoms with Crippen LogP contribution in [0.4, 0.5) is 13.2 Å². The van der Waals surface area contributed by atoms with Crippen LogP contribution in [0.1, 0.15) is 16.1 Å². The van der Waals surface area contributed by atoms with E-state index >= 15 is 0 Å². The van der Waals surface area contributed by atoms with Crippen LogP contribution >= 0.6 is 0 Å². The molecule has 1 aromatic rings. The summed E-state index contributed by atoms with van der Waals surface area (Å²) in [4.78, 5) is 14.1. The van der Waals surface area contributed by atoms with Crippen LogP contribution < -0.4 is 0 Å². The zero-order valence-corrected chi connectivity index (χ0v) is 7.50. The third-order valence-corrected chi connectivity index (χ3v) is 1.56. The summed E-state index contributed by atoms with van der Waals surface area (Å²) in [6.45, 7) is 0. The Balaban J connectivity index is 3.33. The van der Waals surface area contributed by atoms with E-state index in [2.05, 4.69) is 9.72 Å². The van der Waals surface area contributed by atoms with Gasteiger partial charge in [0.05, 0.1) is 18.9 Å². The molecule has 0 radical (unpaired) electrons. The number of methoxy groups -OCH3 is 1. The molecule has 0 unspecified atom stereocenters. The molecule has 1 N–H and O–H groups in total. The van der Waals surface area contributed by atoms with Crippen molar-refractivity contribution in [1.29, 1.82) is 0 Å². The lowest BCUT2D eigenvalue weighted by molar-refractivity contribution is -0.138. The Morgan fingerprint density at radius 3 is 2.60 bits per heavy atom. The number of aromatic hydroxyl groups is 1. The first-order valence-corrected chi connectivity index (χ1v) is 3.70. The lowest BCUT2D eigenvalue weighted by atomic mass is 10.2. The number of nitrogens with zero attached hydrogens (tertiary/aromatic N) is 1. The van der Waals surface area contributed by atoms with E-state index in [9.17, 15) is 18.0 Å². The molecule has 0 aliphatic carbocycles. The molecule has 4 nitrogen and oxygen atoms in total. The largest absolute Gasteiger partial charge is 0.506 e. The minimum Gasteiger partial charge on any atom is -0.506 e. The maximum absolute atomic E-state index is 12.4. The summed E-state index contributed by atoms with van der Waals surface area (Å²) in [5.74, 6) is -1.88. The van der Waals surface area contributed by atoms with Gasteiger partial charge in [0.15, 0.2) is 5.69 Å². The molecule has 0 saturated carbocycles. The molecule has 0 atom stereocenters. The number of alkyl halides is 3. The van der Waals surface area contributed by atoms with Gasteiger partial charge in [0.25, 0.3) is 0 Å². The van der Waals surface area contributed by atoms with Crippen molar-refractivity contribution in [2.45, 2.75) is 6.18 Å². The molecule has 0 saturated heterocycles. The average molecular weight is 221 g/mol. The van der Waals surface area contributed by atoms with Crippen molar-refractivity contribution >= 4 is 5.97 Å². The predicted octanol–water partition coefficient (Wildman–Crippen LogP) is 1.59. The number of rotatable bonds is 1. The Hall–Kier alpha value is -1.79. The maximum atomic E-state index is 12.4. The molecule has 0 aliphatic rings. The van der Waals surface area contributed by atoms with Crippen molar-refractivity contribution in [1.82, 2.24) is 4.98 Å². The quantitative estimate of drug-likeness (QED) is 0.731. The van der Waals surface area contributed by atoms with Gasteiger partial charge in [0, 0.05) is 0 Å².